The predicted octanol–water partition coefficient (Wildman–Crippen LogP) is -0.512. The van der Waals surface area contributed by atoms with Crippen molar-refractivity contribution >= 4 is 5.82 Å². The average molecular weight is 251 g/mol. The Labute approximate surface area is 107 Å². The van der Waals surface area contributed by atoms with Crippen molar-refractivity contribution in [3.05, 3.63) is 22.7 Å². The Morgan fingerprint density at radius 3 is 3.00 bits per heavy atom. The van der Waals surface area contributed by atoms with Crippen molar-refractivity contribution in [1.29, 1.82) is 0 Å². The lowest BCUT2D eigenvalue weighted by atomic mass is 10.3. The molecule has 1 fully saturated rings. The zero-order chi connectivity index (χ0) is 12.8. The van der Waals surface area contributed by atoms with Gasteiger partial charge >= 0.3 is 0 Å². The van der Waals surface area contributed by atoms with Crippen LogP contribution >= 0.6 is 0 Å². The molecule has 1 aromatic heterocycles. The van der Waals surface area contributed by atoms with Crippen molar-refractivity contribution in [2.75, 3.05) is 44.6 Å². The summed E-state index contributed by atoms with van der Waals surface area (Å²) in [6, 6.07) is 0. The lowest BCUT2D eigenvalue weighted by molar-refractivity contribution is 0.240. The van der Waals surface area contributed by atoms with Gasteiger partial charge in [-0.05, 0) is 13.0 Å². The number of piperazine rings is 1. The van der Waals surface area contributed by atoms with E-state index in [9.17, 15) is 4.79 Å². The van der Waals surface area contributed by atoms with Crippen molar-refractivity contribution in [3.8, 4) is 0 Å². The van der Waals surface area contributed by atoms with E-state index < -0.39 is 0 Å². The van der Waals surface area contributed by atoms with Crippen molar-refractivity contribution in [2.24, 2.45) is 7.05 Å². The van der Waals surface area contributed by atoms with Gasteiger partial charge in [-0.15, -0.1) is 0 Å². The van der Waals surface area contributed by atoms with Crippen LogP contribution in [0.15, 0.2) is 17.2 Å². The molecule has 0 saturated carbocycles. The van der Waals surface area contributed by atoms with Gasteiger partial charge in [-0.3, -0.25) is 4.79 Å². The highest BCUT2D eigenvalue weighted by Crippen LogP contribution is 1.96. The fourth-order valence-electron chi connectivity index (χ4n) is 2.06. The van der Waals surface area contributed by atoms with Gasteiger partial charge in [0.05, 0.1) is 0 Å². The van der Waals surface area contributed by atoms with E-state index in [1.807, 2.05) is 0 Å². The van der Waals surface area contributed by atoms with Gasteiger partial charge in [-0.25, -0.2) is 4.98 Å². The topological polar surface area (TPSA) is 62.2 Å². The molecule has 0 unspecified atom stereocenters. The number of nitrogens with zero attached hydrogens (tertiary/aromatic N) is 3. The molecule has 2 heterocycles. The third-order valence-electron chi connectivity index (χ3n) is 3.17. The Morgan fingerprint density at radius 1 is 1.44 bits per heavy atom. The molecule has 0 spiro atoms. The second-order valence-electron chi connectivity index (χ2n) is 4.56. The van der Waals surface area contributed by atoms with Gasteiger partial charge < -0.3 is 20.1 Å². The Morgan fingerprint density at radius 2 is 2.22 bits per heavy atom. The zero-order valence-corrected chi connectivity index (χ0v) is 10.9. The highest BCUT2D eigenvalue weighted by Gasteiger charge is 2.08. The van der Waals surface area contributed by atoms with Crippen LogP contribution in [0, 0.1) is 0 Å². The molecule has 18 heavy (non-hydrogen) atoms. The van der Waals surface area contributed by atoms with E-state index in [-0.39, 0.29) is 5.56 Å². The molecule has 0 aromatic carbocycles. The maximum atomic E-state index is 11.7. The van der Waals surface area contributed by atoms with E-state index in [2.05, 4.69) is 20.5 Å². The fourth-order valence-corrected chi connectivity index (χ4v) is 2.06. The lowest BCUT2D eigenvalue weighted by Gasteiger charge is -2.27. The molecule has 6 nitrogen and oxygen atoms in total. The average Bonchev–Trinajstić information content (AvgIpc) is 2.40. The summed E-state index contributed by atoms with van der Waals surface area (Å²) >= 11 is 0. The second-order valence-corrected chi connectivity index (χ2v) is 4.56. The molecule has 2 rings (SSSR count). The van der Waals surface area contributed by atoms with Gasteiger partial charge in [0.15, 0.2) is 5.82 Å². The summed E-state index contributed by atoms with van der Waals surface area (Å²) in [4.78, 5) is 18.2. The summed E-state index contributed by atoms with van der Waals surface area (Å²) in [6.45, 7) is 6.25. The summed E-state index contributed by atoms with van der Waals surface area (Å²) in [5.41, 5.74) is -0.0697. The van der Waals surface area contributed by atoms with Gasteiger partial charge in [-0.2, -0.15) is 0 Å². The quantitative estimate of drug-likeness (QED) is 0.690. The van der Waals surface area contributed by atoms with Crippen LogP contribution in [0.25, 0.3) is 0 Å². The molecule has 1 saturated heterocycles. The molecule has 1 aliphatic rings. The van der Waals surface area contributed by atoms with E-state index in [0.29, 0.717) is 5.82 Å². The van der Waals surface area contributed by atoms with Crippen LogP contribution in [0.2, 0.25) is 0 Å². The number of nitrogens with one attached hydrogen (secondary N) is 2. The number of aryl methyl sites for hydroxylation is 1. The van der Waals surface area contributed by atoms with E-state index in [4.69, 9.17) is 0 Å². The molecule has 0 aliphatic carbocycles. The first kappa shape index (κ1) is 13.0. The van der Waals surface area contributed by atoms with E-state index >= 15 is 0 Å². The summed E-state index contributed by atoms with van der Waals surface area (Å²) in [5, 5.41) is 6.44. The van der Waals surface area contributed by atoms with Crippen LogP contribution in [-0.2, 0) is 7.05 Å². The van der Waals surface area contributed by atoms with Crippen LogP contribution < -0.4 is 16.2 Å². The molecule has 0 radical (unpaired) electrons. The molecule has 0 atom stereocenters. The van der Waals surface area contributed by atoms with Crippen molar-refractivity contribution in [3.63, 3.8) is 0 Å². The first-order chi connectivity index (χ1) is 8.77. The minimum absolute atomic E-state index is 0.0697. The Kier molecular flexibility index (Phi) is 4.72. The van der Waals surface area contributed by atoms with Crippen LogP contribution in [0.3, 0.4) is 0 Å². The van der Waals surface area contributed by atoms with Crippen LogP contribution in [-0.4, -0.2) is 53.7 Å². The van der Waals surface area contributed by atoms with Gasteiger partial charge in [0.2, 0.25) is 0 Å². The van der Waals surface area contributed by atoms with Crippen molar-refractivity contribution in [2.45, 2.75) is 6.42 Å². The first-order valence-electron chi connectivity index (χ1n) is 6.46. The highest BCUT2D eigenvalue weighted by molar-refractivity contribution is 5.30. The lowest BCUT2D eigenvalue weighted by Crippen LogP contribution is -2.44. The normalized spacial score (nSPS) is 16.7. The van der Waals surface area contributed by atoms with Gasteiger partial charge in [0.1, 0.15) is 0 Å². The van der Waals surface area contributed by atoms with E-state index in [1.54, 1.807) is 19.4 Å². The number of aromatic nitrogens is 2. The van der Waals surface area contributed by atoms with Crippen molar-refractivity contribution < 1.29 is 0 Å². The second kappa shape index (κ2) is 6.51. The molecule has 1 aromatic rings. The number of hydrogen-bond donors (Lipinski definition) is 2. The first-order valence-corrected chi connectivity index (χ1v) is 6.46. The molecule has 0 bridgehead atoms. The minimum atomic E-state index is -0.0697. The maximum Gasteiger partial charge on any atom is 0.293 e. The Bertz CT molecular complexity index is 425. The van der Waals surface area contributed by atoms with Gasteiger partial charge in [-0.1, -0.05) is 0 Å². The molecular weight excluding hydrogens is 230 g/mol. The number of anilines is 1. The SMILES string of the molecule is Cn1ccnc(NCCCN2CCNCC2)c1=O. The largest absolute Gasteiger partial charge is 0.365 e. The molecule has 1 aliphatic heterocycles. The number of rotatable bonds is 5. The zero-order valence-electron chi connectivity index (χ0n) is 10.9. The summed E-state index contributed by atoms with van der Waals surface area (Å²) in [5.74, 6) is 0.445. The smallest absolute Gasteiger partial charge is 0.293 e. The number of hydrogen-bond acceptors (Lipinski definition) is 5. The van der Waals surface area contributed by atoms with Crippen molar-refractivity contribution in [1.82, 2.24) is 19.8 Å². The molecular formula is C12H21N5O. The van der Waals surface area contributed by atoms with Gasteiger partial charge in [0.25, 0.3) is 5.56 Å². The standard InChI is InChI=1S/C12H21N5O/c1-16-8-6-15-11(12(16)18)14-3-2-7-17-9-4-13-5-10-17/h6,8,13H,2-5,7,9-10H2,1H3,(H,14,15). The summed E-state index contributed by atoms with van der Waals surface area (Å²) in [7, 11) is 1.73. The maximum absolute atomic E-state index is 11.7. The van der Waals surface area contributed by atoms with E-state index in [1.165, 1.54) is 4.57 Å². The van der Waals surface area contributed by atoms with Crippen LogP contribution in [0.5, 0.6) is 0 Å². The third-order valence-corrected chi connectivity index (χ3v) is 3.17. The third kappa shape index (κ3) is 3.54. The molecule has 0 amide bonds. The summed E-state index contributed by atoms with van der Waals surface area (Å²) in [6.07, 6.45) is 4.33. The van der Waals surface area contributed by atoms with Crippen LogP contribution in [0.1, 0.15) is 6.42 Å². The van der Waals surface area contributed by atoms with Gasteiger partial charge in [0, 0.05) is 52.2 Å². The molecule has 6 heteroatoms. The highest BCUT2D eigenvalue weighted by atomic mass is 16.1. The minimum Gasteiger partial charge on any atom is -0.365 e. The Hall–Kier alpha value is -1.40. The monoisotopic (exact) mass is 251 g/mol. The Balaban J connectivity index is 1.71. The molecule has 100 valence electrons. The van der Waals surface area contributed by atoms with E-state index in [0.717, 1.165) is 45.7 Å². The molecule has 2 N–H and O–H groups in total. The fraction of sp³-hybridized carbons (Fsp3) is 0.667. The summed E-state index contributed by atoms with van der Waals surface area (Å²) < 4.78 is 1.53. The predicted molar refractivity (Wildman–Crippen MR) is 71.9 cm³/mol. The van der Waals surface area contributed by atoms with Crippen LogP contribution in [0.4, 0.5) is 5.82 Å².